The summed E-state index contributed by atoms with van der Waals surface area (Å²) in [5.74, 6) is 0.750. The minimum absolute atomic E-state index is 0.177. The molecule has 2 fully saturated rings. The fourth-order valence-corrected chi connectivity index (χ4v) is 5.17. The number of amides is 1. The molecule has 3 heterocycles. The van der Waals surface area contributed by atoms with E-state index in [2.05, 4.69) is 28.3 Å². The van der Waals surface area contributed by atoms with E-state index in [4.69, 9.17) is 9.47 Å². The summed E-state index contributed by atoms with van der Waals surface area (Å²) in [4.78, 5) is 17.7. The van der Waals surface area contributed by atoms with Gasteiger partial charge in [-0.1, -0.05) is 0 Å². The molecular weight excluding hydrogens is 342 g/mol. The van der Waals surface area contributed by atoms with Gasteiger partial charge in [0.25, 0.3) is 5.91 Å². The Morgan fingerprint density at radius 1 is 1.22 bits per heavy atom. The first-order chi connectivity index (χ1) is 12.9. The predicted octanol–water partition coefficient (Wildman–Crippen LogP) is 2.18. The first kappa shape index (κ1) is 20.4. The van der Waals surface area contributed by atoms with E-state index in [0.717, 1.165) is 69.1 Å². The zero-order valence-corrected chi connectivity index (χ0v) is 17.6. The van der Waals surface area contributed by atoms with Gasteiger partial charge in [0.2, 0.25) is 0 Å². The Bertz CT molecular complexity index is 662. The van der Waals surface area contributed by atoms with Gasteiger partial charge in [0.05, 0.1) is 18.8 Å². The number of carbonyl (C=O) groups is 1. The Kier molecular flexibility index (Phi) is 6.28. The fourth-order valence-electron chi connectivity index (χ4n) is 5.17. The van der Waals surface area contributed by atoms with E-state index in [1.54, 1.807) is 14.2 Å². The third-order valence-electron chi connectivity index (χ3n) is 6.72. The second-order valence-electron chi connectivity index (χ2n) is 8.43. The van der Waals surface area contributed by atoms with Crippen molar-refractivity contribution in [3.05, 3.63) is 23.0 Å². The second kappa shape index (κ2) is 8.33. The molecule has 0 bridgehead atoms. The summed E-state index contributed by atoms with van der Waals surface area (Å²) in [6.07, 6.45) is 2.14. The third kappa shape index (κ3) is 3.93. The molecule has 152 valence electrons. The van der Waals surface area contributed by atoms with E-state index in [1.165, 1.54) is 0 Å². The average Bonchev–Trinajstić information content (AvgIpc) is 3.10. The maximum Gasteiger partial charge on any atom is 0.255 e. The standard InChI is InChI=1S/C21H35N3O3/c1-16-12-19(17(2)24(16)10-11-26-4)20(25)23-8-6-21(7-9-23)15-22(3)13-18(21)14-27-5/h12,18H,6-11,13-15H2,1-5H3. The Balaban J connectivity index is 1.69. The summed E-state index contributed by atoms with van der Waals surface area (Å²) >= 11 is 0. The van der Waals surface area contributed by atoms with Crippen LogP contribution in [0.15, 0.2) is 6.07 Å². The number of hydrogen-bond acceptors (Lipinski definition) is 4. The van der Waals surface area contributed by atoms with Crippen molar-refractivity contribution < 1.29 is 14.3 Å². The third-order valence-corrected chi connectivity index (χ3v) is 6.72. The van der Waals surface area contributed by atoms with Crippen LogP contribution < -0.4 is 0 Å². The molecule has 1 aromatic heterocycles. The molecule has 2 aliphatic rings. The first-order valence-corrected chi connectivity index (χ1v) is 10.0. The van der Waals surface area contributed by atoms with Crippen LogP contribution in [-0.4, -0.2) is 80.9 Å². The average molecular weight is 378 g/mol. The summed E-state index contributed by atoms with van der Waals surface area (Å²) in [5, 5.41) is 0. The smallest absolute Gasteiger partial charge is 0.255 e. The lowest BCUT2D eigenvalue weighted by atomic mass is 9.71. The van der Waals surface area contributed by atoms with Crippen molar-refractivity contribution in [1.82, 2.24) is 14.4 Å². The highest BCUT2D eigenvalue weighted by Gasteiger charge is 2.47. The number of carbonyl (C=O) groups excluding carboxylic acids is 1. The highest BCUT2D eigenvalue weighted by Crippen LogP contribution is 2.44. The number of methoxy groups -OCH3 is 2. The Morgan fingerprint density at radius 3 is 2.56 bits per heavy atom. The molecular formula is C21H35N3O3. The molecule has 2 saturated heterocycles. The zero-order valence-electron chi connectivity index (χ0n) is 17.6. The Morgan fingerprint density at radius 2 is 1.93 bits per heavy atom. The van der Waals surface area contributed by atoms with Crippen LogP contribution in [0.5, 0.6) is 0 Å². The Hall–Kier alpha value is -1.37. The molecule has 1 aromatic rings. The number of aromatic nitrogens is 1. The molecule has 1 spiro atoms. The van der Waals surface area contributed by atoms with Crippen LogP contribution in [0.3, 0.4) is 0 Å². The van der Waals surface area contributed by atoms with Crippen LogP contribution >= 0.6 is 0 Å². The van der Waals surface area contributed by atoms with E-state index >= 15 is 0 Å². The van der Waals surface area contributed by atoms with Crippen LogP contribution in [0.25, 0.3) is 0 Å². The summed E-state index contributed by atoms with van der Waals surface area (Å²) in [5.41, 5.74) is 3.32. The molecule has 0 aromatic carbocycles. The number of ether oxygens (including phenoxy) is 2. The van der Waals surface area contributed by atoms with Gasteiger partial charge in [0.1, 0.15) is 0 Å². The number of aryl methyl sites for hydroxylation is 1. The summed E-state index contributed by atoms with van der Waals surface area (Å²) < 4.78 is 12.9. The molecule has 0 N–H and O–H groups in total. The lowest BCUT2D eigenvalue weighted by Crippen LogP contribution is -2.47. The molecule has 0 aliphatic carbocycles. The number of rotatable bonds is 6. The number of hydrogen-bond donors (Lipinski definition) is 0. The molecule has 1 amide bonds. The summed E-state index contributed by atoms with van der Waals surface area (Å²) in [6, 6.07) is 2.04. The van der Waals surface area contributed by atoms with Gasteiger partial charge < -0.3 is 23.8 Å². The topological polar surface area (TPSA) is 46.9 Å². The second-order valence-corrected chi connectivity index (χ2v) is 8.43. The van der Waals surface area contributed by atoms with Crippen LogP contribution in [0.1, 0.15) is 34.6 Å². The number of likely N-dealkylation sites (tertiary alicyclic amines) is 2. The van der Waals surface area contributed by atoms with Gasteiger partial charge in [-0.25, -0.2) is 0 Å². The summed E-state index contributed by atoms with van der Waals surface area (Å²) in [7, 11) is 5.70. The molecule has 1 unspecified atom stereocenters. The van der Waals surface area contributed by atoms with Crippen LogP contribution in [0.2, 0.25) is 0 Å². The predicted molar refractivity (Wildman–Crippen MR) is 106 cm³/mol. The number of piperidine rings is 1. The zero-order chi connectivity index (χ0) is 19.6. The first-order valence-electron chi connectivity index (χ1n) is 10.0. The van der Waals surface area contributed by atoms with Crippen LogP contribution in [0.4, 0.5) is 0 Å². The van der Waals surface area contributed by atoms with Crippen molar-refractivity contribution in [2.75, 3.05) is 60.7 Å². The van der Waals surface area contributed by atoms with Gasteiger partial charge in [-0.05, 0) is 45.2 Å². The Labute approximate surface area is 163 Å². The minimum Gasteiger partial charge on any atom is -0.384 e. The molecule has 3 rings (SSSR count). The fraction of sp³-hybridized carbons (Fsp3) is 0.762. The maximum absolute atomic E-state index is 13.2. The van der Waals surface area contributed by atoms with Gasteiger partial charge in [-0.3, -0.25) is 4.79 Å². The summed E-state index contributed by atoms with van der Waals surface area (Å²) in [6.45, 7) is 10.3. The lowest BCUT2D eigenvalue weighted by Gasteiger charge is -2.42. The van der Waals surface area contributed by atoms with Crippen molar-refractivity contribution in [2.24, 2.45) is 11.3 Å². The van der Waals surface area contributed by atoms with Crippen molar-refractivity contribution in [3.8, 4) is 0 Å². The molecule has 0 saturated carbocycles. The molecule has 2 aliphatic heterocycles. The normalized spacial score (nSPS) is 22.7. The van der Waals surface area contributed by atoms with Gasteiger partial charge >= 0.3 is 0 Å². The van der Waals surface area contributed by atoms with Gasteiger partial charge in [0, 0.05) is 64.2 Å². The molecule has 0 radical (unpaired) electrons. The van der Waals surface area contributed by atoms with Crippen molar-refractivity contribution in [2.45, 2.75) is 33.2 Å². The lowest BCUT2D eigenvalue weighted by molar-refractivity contribution is 0.0324. The van der Waals surface area contributed by atoms with Crippen molar-refractivity contribution >= 4 is 5.91 Å². The van der Waals surface area contributed by atoms with Gasteiger partial charge in [-0.2, -0.15) is 0 Å². The molecule has 6 heteroatoms. The highest BCUT2D eigenvalue weighted by molar-refractivity contribution is 5.95. The molecule has 27 heavy (non-hydrogen) atoms. The van der Waals surface area contributed by atoms with Gasteiger partial charge in [0.15, 0.2) is 0 Å². The largest absolute Gasteiger partial charge is 0.384 e. The quantitative estimate of drug-likeness (QED) is 0.762. The van der Waals surface area contributed by atoms with Crippen LogP contribution in [0, 0.1) is 25.2 Å². The van der Waals surface area contributed by atoms with E-state index in [9.17, 15) is 4.79 Å². The van der Waals surface area contributed by atoms with E-state index < -0.39 is 0 Å². The van der Waals surface area contributed by atoms with Crippen LogP contribution in [-0.2, 0) is 16.0 Å². The van der Waals surface area contributed by atoms with E-state index in [-0.39, 0.29) is 5.91 Å². The van der Waals surface area contributed by atoms with Gasteiger partial charge in [-0.15, -0.1) is 0 Å². The maximum atomic E-state index is 13.2. The molecule has 6 nitrogen and oxygen atoms in total. The number of nitrogens with zero attached hydrogens (tertiary/aromatic N) is 3. The molecule has 1 atom stereocenters. The van der Waals surface area contributed by atoms with E-state index in [1.807, 2.05) is 13.0 Å². The van der Waals surface area contributed by atoms with Crippen molar-refractivity contribution in [1.29, 1.82) is 0 Å². The minimum atomic E-state index is 0.177. The van der Waals surface area contributed by atoms with E-state index in [0.29, 0.717) is 17.9 Å². The SMILES string of the molecule is COCCn1c(C)cc(C(=O)N2CCC3(CC2)CN(C)CC3COC)c1C. The highest BCUT2D eigenvalue weighted by atomic mass is 16.5. The van der Waals surface area contributed by atoms with Crippen molar-refractivity contribution in [3.63, 3.8) is 0 Å². The monoisotopic (exact) mass is 377 g/mol.